The van der Waals surface area contributed by atoms with Crippen molar-refractivity contribution < 1.29 is 13.2 Å². The van der Waals surface area contributed by atoms with E-state index in [9.17, 15) is 13.2 Å². The molecule has 0 spiro atoms. The van der Waals surface area contributed by atoms with Crippen LogP contribution in [0, 0.1) is 11.8 Å². The van der Waals surface area contributed by atoms with E-state index in [4.69, 9.17) is 0 Å². The summed E-state index contributed by atoms with van der Waals surface area (Å²) in [5.41, 5.74) is 0. The lowest BCUT2D eigenvalue weighted by Gasteiger charge is -2.30. The van der Waals surface area contributed by atoms with Crippen LogP contribution < -0.4 is 10.6 Å². The van der Waals surface area contributed by atoms with Gasteiger partial charge in [0.1, 0.15) is 4.21 Å². The van der Waals surface area contributed by atoms with Gasteiger partial charge in [-0.1, -0.05) is 13.8 Å². The summed E-state index contributed by atoms with van der Waals surface area (Å²) >= 11 is 1.07. The van der Waals surface area contributed by atoms with Crippen molar-refractivity contribution in [3.8, 4) is 0 Å². The van der Waals surface area contributed by atoms with E-state index >= 15 is 0 Å². The van der Waals surface area contributed by atoms with Crippen molar-refractivity contribution >= 4 is 27.3 Å². The summed E-state index contributed by atoms with van der Waals surface area (Å²) in [6.45, 7) is 7.15. The van der Waals surface area contributed by atoms with Crippen molar-refractivity contribution in [3.05, 3.63) is 17.0 Å². The van der Waals surface area contributed by atoms with Crippen LogP contribution >= 0.6 is 11.3 Å². The summed E-state index contributed by atoms with van der Waals surface area (Å²) in [5, 5.41) is 6.32. The predicted octanol–water partition coefficient (Wildman–Crippen LogP) is 1.90. The maximum absolute atomic E-state index is 12.8. The summed E-state index contributed by atoms with van der Waals surface area (Å²) < 4.78 is 27.3. The Balaban J connectivity index is 1.68. The maximum atomic E-state index is 12.8. The van der Waals surface area contributed by atoms with Gasteiger partial charge < -0.3 is 10.6 Å². The highest BCUT2D eigenvalue weighted by Gasteiger charge is 2.30. The molecule has 140 valence electrons. The third-order valence-electron chi connectivity index (χ3n) is 5.29. The maximum Gasteiger partial charge on any atom is 0.261 e. The number of nitrogens with one attached hydrogen (secondary N) is 2. The highest BCUT2D eigenvalue weighted by Crippen LogP contribution is 2.28. The number of carbonyl (C=O) groups is 1. The lowest BCUT2D eigenvalue weighted by Crippen LogP contribution is -2.50. The van der Waals surface area contributed by atoms with E-state index in [-0.39, 0.29) is 16.2 Å². The van der Waals surface area contributed by atoms with Gasteiger partial charge in [0.25, 0.3) is 15.9 Å². The van der Waals surface area contributed by atoms with Gasteiger partial charge in [0.05, 0.1) is 4.88 Å². The molecule has 2 N–H and O–H groups in total. The molecule has 6 nitrogen and oxygen atoms in total. The summed E-state index contributed by atoms with van der Waals surface area (Å²) in [5.74, 6) is 0.810. The fourth-order valence-corrected chi connectivity index (χ4v) is 6.19. The molecular weight excluding hydrogens is 358 g/mol. The van der Waals surface area contributed by atoms with Crippen molar-refractivity contribution in [1.82, 2.24) is 14.9 Å². The van der Waals surface area contributed by atoms with E-state index in [2.05, 4.69) is 24.5 Å². The van der Waals surface area contributed by atoms with Gasteiger partial charge in [0.15, 0.2) is 0 Å². The topological polar surface area (TPSA) is 78.5 Å². The molecule has 0 aromatic carbocycles. The van der Waals surface area contributed by atoms with Gasteiger partial charge in [0.2, 0.25) is 0 Å². The number of hydrogen-bond donors (Lipinski definition) is 2. The molecule has 2 atom stereocenters. The van der Waals surface area contributed by atoms with Crippen molar-refractivity contribution in [2.75, 3.05) is 26.2 Å². The van der Waals surface area contributed by atoms with Crippen LogP contribution in [0.2, 0.25) is 0 Å². The molecule has 25 heavy (non-hydrogen) atoms. The van der Waals surface area contributed by atoms with Crippen molar-refractivity contribution in [3.63, 3.8) is 0 Å². The molecule has 2 saturated heterocycles. The smallest absolute Gasteiger partial charge is 0.261 e. The first-order chi connectivity index (χ1) is 11.9. The Bertz CT molecular complexity index is 708. The molecule has 1 amide bonds. The average molecular weight is 386 g/mol. The molecule has 2 fully saturated rings. The van der Waals surface area contributed by atoms with Crippen molar-refractivity contribution in [2.24, 2.45) is 11.8 Å². The zero-order valence-electron chi connectivity index (χ0n) is 14.8. The van der Waals surface area contributed by atoms with Gasteiger partial charge in [-0.15, -0.1) is 11.3 Å². The zero-order chi connectivity index (χ0) is 18.0. The number of nitrogens with zero attached hydrogens (tertiary/aromatic N) is 1. The van der Waals surface area contributed by atoms with Crippen LogP contribution in [0.4, 0.5) is 0 Å². The minimum atomic E-state index is -3.48. The molecule has 3 rings (SSSR count). The monoisotopic (exact) mass is 385 g/mol. The van der Waals surface area contributed by atoms with Crippen molar-refractivity contribution in [2.45, 2.75) is 43.4 Å². The quantitative estimate of drug-likeness (QED) is 0.830. The van der Waals surface area contributed by atoms with E-state index in [0.717, 1.165) is 43.7 Å². The number of carbonyl (C=O) groups excluding carboxylic acids is 1. The van der Waals surface area contributed by atoms with Gasteiger partial charge in [-0.05, 0) is 49.8 Å². The Morgan fingerprint density at radius 2 is 1.96 bits per heavy atom. The average Bonchev–Trinajstić information content (AvgIpc) is 3.08. The second-order valence-electron chi connectivity index (χ2n) is 7.26. The molecule has 2 unspecified atom stereocenters. The fourth-order valence-electron chi connectivity index (χ4n) is 3.36. The van der Waals surface area contributed by atoms with E-state index in [0.29, 0.717) is 29.8 Å². The number of rotatable bonds is 4. The van der Waals surface area contributed by atoms with Crippen LogP contribution in [0.25, 0.3) is 0 Å². The Morgan fingerprint density at radius 3 is 2.64 bits per heavy atom. The molecule has 0 radical (unpaired) electrons. The third-order valence-corrected chi connectivity index (χ3v) is 8.74. The molecular formula is C17H27N3O3S2. The molecule has 8 heteroatoms. The van der Waals surface area contributed by atoms with Crippen LogP contribution in [0.15, 0.2) is 16.3 Å². The summed E-state index contributed by atoms with van der Waals surface area (Å²) in [6.07, 6.45) is 2.82. The summed E-state index contributed by atoms with van der Waals surface area (Å²) in [6, 6.07) is 3.28. The SMILES string of the molecule is CC1CCN(S(=O)(=O)c2ccc(C(=O)NC3CNCCC3C)s2)CC1. The minimum Gasteiger partial charge on any atom is -0.347 e. The van der Waals surface area contributed by atoms with Crippen LogP contribution in [0.3, 0.4) is 0 Å². The second kappa shape index (κ2) is 7.73. The molecule has 3 heterocycles. The Hall–Kier alpha value is -0.960. The van der Waals surface area contributed by atoms with Crippen LogP contribution in [0.5, 0.6) is 0 Å². The Kier molecular flexibility index (Phi) is 5.82. The van der Waals surface area contributed by atoms with E-state index in [1.165, 1.54) is 0 Å². The van der Waals surface area contributed by atoms with Gasteiger partial charge in [-0.3, -0.25) is 4.79 Å². The summed E-state index contributed by atoms with van der Waals surface area (Å²) in [4.78, 5) is 12.9. The van der Waals surface area contributed by atoms with Gasteiger partial charge in [0, 0.05) is 25.7 Å². The fraction of sp³-hybridized carbons (Fsp3) is 0.706. The summed E-state index contributed by atoms with van der Waals surface area (Å²) in [7, 11) is -3.48. The Labute approximate surface area is 154 Å². The highest BCUT2D eigenvalue weighted by atomic mass is 32.2. The molecule has 2 aliphatic rings. The van der Waals surface area contributed by atoms with E-state index < -0.39 is 10.0 Å². The lowest BCUT2D eigenvalue weighted by molar-refractivity contribution is 0.0919. The first-order valence-electron chi connectivity index (χ1n) is 8.99. The van der Waals surface area contributed by atoms with Gasteiger partial charge in [-0.25, -0.2) is 8.42 Å². The Morgan fingerprint density at radius 1 is 1.24 bits per heavy atom. The number of sulfonamides is 1. The third kappa shape index (κ3) is 4.24. The molecule has 1 aromatic heterocycles. The standard InChI is InChI=1S/C17H27N3O3S2/c1-12-6-9-20(10-7-12)25(22,23)16-4-3-15(24-16)17(21)19-14-11-18-8-5-13(14)2/h3-4,12-14,18H,5-11H2,1-2H3,(H,19,21). The predicted molar refractivity (Wildman–Crippen MR) is 99.4 cm³/mol. The first-order valence-corrected chi connectivity index (χ1v) is 11.2. The van der Waals surface area contributed by atoms with E-state index in [1.807, 2.05) is 0 Å². The lowest BCUT2D eigenvalue weighted by atomic mass is 9.95. The van der Waals surface area contributed by atoms with Crippen LogP contribution in [-0.4, -0.2) is 50.9 Å². The zero-order valence-corrected chi connectivity index (χ0v) is 16.5. The van der Waals surface area contributed by atoms with E-state index in [1.54, 1.807) is 16.4 Å². The largest absolute Gasteiger partial charge is 0.347 e. The number of amides is 1. The second-order valence-corrected chi connectivity index (χ2v) is 10.5. The molecule has 1 aromatic rings. The molecule has 0 bridgehead atoms. The molecule has 2 aliphatic heterocycles. The number of thiophene rings is 1. The van der Waals surface area contributed by atoms with Crippen LogP contribution in [0.1, 0.15) is 42.8 Å². The number of hydrogen-bond acceptors (Lipinski definition) is 5. The van der Waals surface area contributed by atoms with Gasteiger partial charge in [-0.2, -0.15) is 4.31 Å². The van der Waals surface area contributed by atoms with Crippen LogP contribution in [-0.2, 0) is 10.0 Å². The minimum absolute atomic E-state index is 0.0898. The normalized spacial score (nSPS) is 26.5. The highest BCUT2D eigenvalue weighted by molar-refractivity contribution is 7.91. The first kappa shape index (κ1) is 18.8. The molecule has 0 saturated carbocycles. The number of piperidine rings is 2. The molecule has 0 aliphatic carbocycles. The van der Waals surface area contributed by atoms with Crippen molar-refractivity contribution in [1.29, 1.82) is 0 Å². The van der Waals surface area contributed by atoms with Gasteiger partial charge >= 0.3 is 0 Å².